The van der Waals surface area contributed by atoms with Crippen LogP contribution in [0.15, 0.2) is 54.6 Å². The molecular formula is C16H18N2OS. The molecule has 2 aromatic carbocycles. The lowest BCUT2D eigenvalue weighted by Gasteiger charge is -2.24. The fourth-order valence-electron chi connectivity index (χ4n) is 1.94. The topological polar surface area (TPSA) is 24.5 Å². The molecule has 0 aliphatic rings. The fourth-order valence-corrected chi connectivity index (χ4v) is 2.30. The number of anilines is 2. The molecule has 4 heteroatoms. The van der Waals surface area contributed by atoms with Gasteiger partial charge in [0, 0.05) is 24.0 Å². The van der Waals surface area contributed by atoms with Crippen LogP contribution in [0.3, 0.4) is 0 Å². The standard InChI is InChI=1S/C16H18N2OS/c1-3-18(14-9-5-4-6-10-14)16(20)17-13-8-7-11-15(12-13)19-2/h4-12H,3H2,1-2H3,(H,17,20). The quantitative estimate of drug-likeness (QED) is 0.861. The second-order valence-electron chi connectivity index (χ2n) is 4.24. The second-order valence-corrected chi connectivity index (χ2v) is 4.63. The molecule has 0 aromatic heterocycles. The summed E-state index contributed by atoms with van der Waals surface area (Å²) in [6, 6.07) is 17.8. The molecule has 3 nitrogen and oxygen atoms in total. The molecule has 0 unspecified atom stereocenters. The van der Waals surface area contributed by atoms with Crippen LogP contribution in [-0.2, 0) is 0 Å². The third-order valence-corrected chi connectivity index (χ3v) is 3.27. The number of hydrogen-bond acceptors (Lipinski definition) is 2. The van der Waals surface area contributed by atoms with E-state index in [1.807, 2.05) is 54.6 Å². The van der Waals surface area contributed by atoms with Crippen LogP contribution in [0.5, 0.6) is 5.75 Å². The average Bonchev–Trinajstić information content (AvgIpc) is 2.49. The van der Waals surface area contributed by atoms with Crippen molar-refractivity contribution < 1.29 is 4.74 Å². The Bertz CT molecular complexity index is 572. The lowest BCUT2D eigenvalue weighted by molar-refractivity contribution is 0.415. The number of rotatable bonds is 4. The van der Waals surface area contributed by atoms with Gasteiger partial charge in [-0.05, 0) is 43.4 Å². The van der Waals surface area contributed by atoms with Crippen LogP contribution >= 0.6 is 12.2 Å². The maximum absolute atomic E-state index is 5.49. The van der Waals surface area contributed by atoms with Crippen LogP contribution in [0, 0.1) is 0 Å². The lowest BCUT2D eigenvalue weighted by atomic mass is 10.3. The highest BCUT2D eigenvalue weighted by atomic mass is 32.1. The highest BCUT2D eigenvalue weighted by Crippen LogP contribution is 2.19. The van der Waals surface area contributed by atoms with Crippen molar-refractivity contribution in [3.8, 4) is 5.75 Å². The molecule has 0 atom stereocenters. The zero-order valence-corrected chi connectivity index (χ0v) is 12.5. The lowest BCUT2D eigenvalue weighted by Crippen LogP contribution is -2.34. The van der Waals surface area contributed by atoms with Gasteiger partial charge in [0.15, 0.2) is 5.11 Å². The van der Waals surface area contributed by atoms with E-state index in [2.05, 4.69) is 17.1 Å². The van der Waals surface area contributed by atoms with E-state index in [0.29, 0.717) is 5.11 Å². The smallest absolute Gasteiger partial charge is 0.177 e. The molecule has 0 fully saturated rings. The van der Waals surface area contributed by atoms with Gasteiger partial charge >= 0.3 is 0 Å². The largest absolute Gasteiger partial charge is 0.497 e. The first-order chi connectivity index (χ1) is 9.74. The summed E-state index contributed by atoms with van der Waals surface area (Å²) in [7, 11) is 1.65. The summed E-state index contributed by atoms with van der Waals surface area (Å²) in [5.41, 5.74) is 2.00. The molecule has 0 amide bonds. The maximum Gasteiger partial charge on any atom is 0.177 e. The van der Waals surface area contributed by atoms with Crippen molar-refractivity contribution in [1.29, 1.82) is 0 Å². The third-order valence-electron chi connectivity index (χ3n) is 2.95. The number of para-hydroxylation sites is 1. The van der Waals surface area contributed by atoms with Crippen molar-refractivity contribution in [3.63, 3.8) is 0 Å². The minimum atomic E-state index is 0.673. The van der Waals surface area contributed by atoms with Crippen LogP contribution in [0.25, 0.3) is 0 Å². The molecule has 0 radical (unpaired) electrons. The van der Waals surface area contributed by atoms with E-state index >= 15 is 0 Å². The molecule has 0 bridgehead atoms. The van der Waals surface area contributed by atoms with Crippen molar-refractivity contribution in [1.82, 2.24) is 0 Å². The molecule has 1 N–H and O–H groups in total. The van der Waals surface area contributed by atoms with Crippen molar-refractivity contribution in [2.24, 2.45) is 0 Å². The Morgan fingerprint density at radius 2 is 1.90 bits per heavy atom. The van der Waals surface area contributed by atoms with E-state index in [-0.39, 0.29) is 0 Å². The van der Waals surface area contributed by atoms with Crippen molar-refractivity contribution in [2.45, 2.75) is 6.92 Å². The van der Waals surface area contributed by atoms with Gasteiger partial charge in [0.2, 0.25) is 0 Å². The molecule has 0 aliphatic carbocycles. The highest BCUT2D eigenvalue weighted by Gasteiger charge is 2.09. The zero-order chi connectivity index (χ0) is 14.4. The predicted molar refractivity (Wildman–Crippen MR) is 88.7 cm³/mol. The number of nitrogens with one attached hydrogen (secondary N) is 1. The fraction of sp³-hybridized carbons (Fsp3) is 0.188. The minimum Gasteiger partial charge on any atom is -0.497 e. The van der Waals surface area contributed by atoms with Gasteiger partial charge in [-0.3, -0.25) is 0 Å². The summed E-state index contributed by atoms with van der Waals surface area (Å²) in [5, 5.41) is 3.92. The molecule has 0 aliphatic heterocycles. The van der Waals surface area contributed by atoms with Crippen molar-refractivity contribution in [3.05, 3.63) is 54.6 Å². The summed E-state index contributed by atoms with van der Waals surface area (Å²) in [5.74, 6) is 0.806. The van der Waals surface area contributed by atoms with E-state index < -0.39 is 0 Å². The predicted octanol–water partition coefficient (Wildman–Crippen LogP) is 3.92. The normalized spacial score (nSPS) is 9.90. The Kier molecular flexibility index (Phi) is 4.96. The van der Waals surface area contributed by atoms with E-state index in [4.69, 9.17) is 17.0 Å². The van der Waals surface area contributed by atoms with Crippen LogP contribution in [0.4, 0.5) is 11.4 Å². The third kappa shape index (κ3) is 3.48. The monoisotopic (exact) mass is 286 g/mol. The Morgan fingerprint density at radius 3 is 2.55 bits per heavy atom. The first-order valence-corrected chi connectivity index (χ1v) is 6.93. The van der Waals surface area contributed by atoms with Gasteiger partial charge in [-0.2, -0.15) is 0 Å². The second kappa shape index (κ2) is 6.91. The first-order valence-electron chi connectivity index (χ1n) is 6.52. The van der Waals surface area contributed by atoms with E-state index in [0.717, 1.165) is 23.7 Å². The number of nitrogens with zero attached hydrogens (tertiary/aromatic N) is 1. The van der Waals surface area contributed by atoms with E-state index in [9.17, 15) is 0 Å². The molecular weight excluding hydrogens is 268 g/mol. The van der Waals surface area contributed by atoms with Gasteiger partial charge in [0.25, 0.3) is 0 Å². The molecule has 2 aromatic rings. The Labute approximate surface area is 125 Å². The number of ether oxygens (including phenoxy) is 1. The summed E-state index contributed by atoms with van der Waals surface area (Å²) >= 11 is 5.49. The van der Waals surface area contributed by atoms with Crippen LogP contribution in [-0.4, -0.2) is 18.8 Å². The summed E-state index contributed by atoms with van der Waals surface area (Å²) in [6.45, 7) is 2.88. The molecule has 0 spiro atoms. The zero-order valence-electron chi connectivity index (χ0n) is 11.7. The summed E-state index contributed by atoms with van der Waals surface area (Å²) in [6.07, 6.45) is 0. The molecule has 0 heterocycles. The van der Waals surface area contributed by atoms with Gasteiger partial charge in [-0.25, -0.2) is 0 Å². The number of methoxy groups -OCH3 is 1. The van der Waals surface area contributed by atoms with E-state index in [1.165, 1.54) is 0 Å². The Balaban J connectivity index is 2.13. The van der Waals surface area contributed by atoms with Crippen LogP contribution < -0.4 is 15.0 Å². The molecule has 0 saturated heterocycles. The number of hydrogen-bond donors (Lipinski definition) is 1. The Morgan fingerprint density at radius 1 is 1.15 bits per heavy atom. The molecule has 0 saturated carbocycles. The minimum absolute atomic E-state index is 0.673. The number of benzene rings is 2. The number of thiocarbonyl (C=S) groups is 1. The molecule has 2 rings (SSSR count). The van der Waals surface area contributed by atoms with Crippen molar-refractivity contribution >= 4 is 28.7 Å². The SMILES string of the molecule is CCN(C(=S)Nc1cccc(OC)c1)c1ccccc1. The average molecular weight is 286 g/mol. The van der Waals surface area contributed by atoms with Gasteiger partial charge in [0.05, 0.1) is 7.11 Å². The van der Waals surface area contributed by atoms with Gasteiger partial charge < -0.3 is 15.0 Å². The van der Waals surface area contributed by atoms with Gasteiger partial charge in [-0.15, -0.1) is 0 Å². The van der Waals surface area contributed by atoms with Gasteiger partial charge in [0.1, 0.15) is 5.75 Å². The van der Waals surface area contributed by atoms with Gasteiger partial charge in [-0.1, -0.05) is 24.3 Å². The highest BCUT2D eigenvalue weighted by molar-refractivity contribution is 7.80. The summed E-state index contributed by atoms with van der Waals surface area (Å²) in [4.78, 5) is 2.05. The van der Waals surface area contributed by atoms with Crippen LogP contribution in [0.2, 0.25) is 0 Å². The molecule has 104 valence electrons. The first kappa shape index (κ1) is 14.3. The maximum atomic E-state index is 5.49. The summed E-state index contributed by atoms with van der Waals surface area (Å²) < 4.78 is 5.21. The van der Waals surface area contributed by atoms with E-state index in [1.54, 1.807) is 7.11 Å². The van der Waals surface area contributed by atoms with Crippen LogP contribution in [0.1, 0.15) is 6.92 Å². The molecule has 20 heavy (non-hydrogen) atoms. The Hall–Kier alpha value is -2.07. The van der Waals surface area contributed by atoms with Crippen molar-refractivity contribution in [2.75, 3.05) is 23.9 Å².